The minimum Gasteiger partial charge on any atom is -0.374 e. The highest BCUT2D eigenvalue weighted by Crippen LogP contribution is 2.38. The van der Waals surface area contributed by atoms with Crippen LogP contribution in [0.5, 0.6) is 0 Å². The summed E-state index contributed by atoms with van der Waals surface area (Å²) >= 11 is 2.04. The molecular weight excluding hydrogens is 270 g/mol. The van der Waals surface area contributed by atoms with Crippen molar-refractivity contribution in [1.82, 2.24) is 15.1 Å². The summed E-state index contributed by atoms with van der Waals surface area (Å²) in [4.78, 5) is 0. The lowest BCUT2D eigenvalue weighted by atomic mass is 9.90. The molecule has 2 saturated heterocycles. The van der Waals surface area contributed by atoms with Crippen LogP contribution in [0.2, 0.25) is 0 Å². The number of hydrogen-bond acceptors (Lipinski definition) is 4. The molecule has 0 bridgehead atoms. The van der Waals surface area contributed by atoms with Gasteiger partial charge in [-0.25, -0.2) is 0 Å². The zero-order valence-corrected chi connectivity index (χ0v) is 13.3. The fourth-order valence-corrected chi connectivity index (χ4v) is 4.73. The van der Waals surface area contributed by atoms with Gasteiger partial charge in [0.05, 0.1) is 11.3 Å². The van der Waals surface area contributed by atoms with Gasteiger partial charge in [0.15, 0.2) is 0 Å². The Labute approximate surface area is 125 Å². The van der Waals surface area contributed by atoms with Crippen molar-refractivity contribution in [3.8, 4) is 0 Å². The van der Waals surface area contributed by atoms with Gasteiger partial charge in [0.1, 0.15) is 0 Å². The van der Waals surface area contributed by atoms with Crippen LogP contribution in [-0.2, 0) is 24.8 Å². The summed E-state index contributed by atoms with van der Waals surface area (Å²) in [5.74, 6) is 2.44. The molecule has 2 aliphatic rings. The first-order chi connectivity index (χ1) is 9.71. The van der Waals surface area contributed by atoms with Gasteiger partial charge in [-0.2, -0.15) is 16.9 Å². The van der Waals surface area contributed by atoms with Crippen LogP contribution in [0.25, 0.3) is 0 Å². The van der Waals surface area contributed by atoms with Gasteiger partial charge in [-0.05, 0) is 31.4 Å². The maximum absolute atomic E-state index is 6.08. The topological polar surface area (TPSA) is 39.1 Å². The molecule has 3 heterocycles. The van der Waals surface area contributed by atoms with Crippen molar-refractivity contribution in [2.24, 2.45) is 7.05 Å². The monoisotopic (exact) mass is 295 g/mol. The van der Waals surface area contributed by atoms with Crippen molar-refractivity contribution >= 4 is 11.8 Å². The quantitative estimate of drug-likeness (QED) is 0.923. The second-order valence-corrected chi connectivity index (χ2v) is 7.14. The average molecular weight is 295 g/mol. The van der Waals surface area contributed by atoms with Crippen LogP contribution in [0, 0.1) is 0 Å². The molecule has 0 aliphatic carbocycles. The lowest BCUT2D eigenvalue weighted by molar-refractivity contribution is -0.0703. The molecular formula is C15H25N3OS. The van der Waals surface area contributed by atoms with E-state index in [1.165, 1.54) is 35.6 Å². The van der Waals surface area contributed by atoms with Crippen LogP contribution < -0.4 is 5.32 Å². The zero-order valence-electron chi connectivity index (χ0n) is 12.5. The molecule has 5 heteroatoms. The number of ether oxygens (including phenoxy) is 1. The molecule has 1 spiro atoms. The molecule has 2 fully saturated rings. The van der Waals surface area contributed by atoms with Crippen LogP contribution >= 0.6 is 11.8 Å². The molecule has 1 aromatic rings. The first kappa shape index (κ1) is 14.4. The molecule has 1 aromatic heterocycles. The molecule has 0 amide bonds. The van der Waals surface area contributed by atoms with E-state index in [1.54, 1.807) is 0 Å². The summed E-state index contributed by atoms with van der Waals surface area (Å²) in [7, 11) is 2.00. The largest absolute Gasteiger partial charge is 0.374 e. The first-order valence-corrected chi connectivity index (χ1v) is 8.83. The van der Waals surface area contributed by atoms with E-state index >= 15 is 0 Å². The van der Waals surface area contributed by atoms with Gasteiger partial charge in [-0.15, -0.1) is 0 Å². The highest BCUT2D eigenvalue weighted by molar-refractivity contribution is 7.99. The van der Waals surface area contributed by atoms with Gasteiger partial charge in [0.25, 0.3) is 0 Å². The van der Waals surface area contributed by atoms with Gasteiger partial charge < -0.3 is 10.1 Å². The summed E-state index contributed by atoms with van der Waals surface area (Å²) in [5, 5.41) is 8.25. The Morgan fingerprint density at radius 2 is 2.50 bits per heavy atom. The third-order valence-electron chi connectivity index (χ3n) is 4.47. The van der Waals surface area contributed by atoms with E-state index in [0.717, 1.165) is 26.0 Å². The first-order valence-electron chi connectivity index (χ1n) is 7.67. The molecule has 0 radical (unpaired) electrons. The number of aryl methyl sites for hydroxylation is 2. The minimum absolute atomic E-state index is 0.170. The highest BCUT2D eigenvalue weighted by atomic mass is 32.2. The van der Waals surface area contributed by atoms with Crippen molar-refractivity contribution in [3.05, 3.63) is 17.5 Å². The van der Waals surface area contributed by atoms with E-state index in [-0.39, 0.29) is 5.60 Å². The maximum atomic E-state index is 6.08. The molecule has 0 aromatic carbocycles. The van der Waals surface area contributed by atoms with Crippen molar-refractivity contribution in [1.29, 1.82) is 0 Å². The standard InChI is InChI=1S/C15H25N3OS/c1-3-14-12(10-18(2)17-14)9-16-13-4-6-19-15(8-13)5-7-20-11-15/h10,13,16H,3-9,11H2,1-2H3. The summed E-state index contributed by atoms with van der Waals surface area (Å²) in [6.45, 7) is 4.02. The Morgan fingerprint density at radius 3 is 3.25 bits per heavy atom. The molecule has 0 saturated carbocycles. The molecule has 20 heavy (non-hydrogen) atoms. The number of nitrogens with zero attached hydrogens (tertiary/aromatic N) is 2. The number of aromatic nitrogens is 2. The smallest absolute Gasteiger partial charge is 0.0795 e. The Morgan fingerprint density at radius 1 is 1.60 bits per heavy atom. The van der Waals surface area contributed by atoms with Crippen LogP contribution in [0.3, 0.4) is 0 Å². The molecule has 4 nitrogen and oxygen atoms in total. The van der Waals surface area contributed by atoms with Crippen LogP contribution in [0.1, 0.15) is 37.4 Å². The fraction of sp³-hybridized carbons (Fsp3) is 0.800. The molecule has 1 N–H and O–H groups in total. The lowest BCUT2D eigenvalue weighted by Gasteiger charge is -2.38. The Kier molecular flexibility index (Phi) is 4.38. The summed E-state index contributed by atoms with van der Waals surface area (Å²) in [6.07, 6.45) is 6.68. The summed E-state index contributed by atoms with van der Waals surface area (Å²) < 4.78 is 8.01. The lowest BCUT2D eigenvalue weighted by Crippen LogP contribution is -2.47. The number of thioether (sulfide) groups is 1. The normalized spacial score (nSPS) is 30.2. The average Bonchev–Trinajstić information content (AvgIpc) is 3.03. The van der Waals surface area contributed by atoms with Gasteiger partial charge in [-0.3, -0.25) is 4.68 Å². The predicted octanol–water partition coefficient (Wildman–Crippen LogP) is 2.13. The van der Waals surface area contributed by atoms with Crippen LogP contribution in [0.15, 0.2) is 6.20 Å². The predicted molar refractivity (Wildman–Crippen MR) is 83.1 cm³/mol. The van der Waals surface area contributed by atoms with Gasteiger partial charge in [0, 0.05) is 43.8 Å². The van der Waals surface area contributed by atoms with Crippen LogP contribution in [0.4, 0.5) is 0 Å². The van der Waals surface area contributed by atoms with E-state index in [9.17, 15) is 0 Å². The Balaban J connectivity index is 1.57. The molecule has 112 valence electrons. The maximum Gasteiger partial charge on any atom is 0.0795 e. The van der Waals surface area contributed by atoms with E-state index in [4.69, 9.17) is 4.74 Å². The third kappa shape index (κ3) is 3.05. The second kappa shape index (κ2) is 6.08. The van der Waals surface area contributed by atoms with Crippen molar-refractivity contribution in [2.45, 2.75) is 50.8 Å². The molecule has 2 atom stereocenters. The highest BCUT2D eigenvalue weighted by Gasteiger charge is 2.40. The van der Waals surface area contributed by atoms with Gasteiger partial charge in [-0.1, -0.05) is 6.92 Å². The SMILES string of the molecule is CCc1nn(C)cc1CNC1CCOC2(CCSC2)C1. The van der Waals surface area contributed by atoms with Crippen molar-refractivity contribution in [3.63, 3.8) is 0 Å². The molecule has 2 unspecified atom stereocenters. The second-order valence-electron chi connectivity index (χ2n) is 6.03. The minimum atomic E-state index is 0.170. The van der Waals surface area contributed by atoms with E-state index in [1.807, 2.05) is 23.5 Å². The van der Waals surface area contributed by atoms with E-state index < -0.39 is 0 Å². The van der Waals surface area contributed by atoms with Gasteiger partial charge in [0.2, 0.25) is 0 Å². The van der Waals surface area contributed by atoms with Crippen molar-refractivity contribution in [2.75, 3.05) is 18.1 Å². The fourth-order valence-electron chi connectivity index (χ4n) is 3.35. The number of nitrogens with one attached hydrogen (secondary N) is 1. The molecule has 2 aliphatic heterocycles. The van der Waals surface area contributed by atoms with E-state index in [2.05, 4.69) is 23.5 Å². The molecule has 3 rings (SSSR count). The third-order valence-corrected chi connectivity index (χ3v) is 5.69. The summed E-state index contributed by atoms with van der Waals surface area (Å²) in [6, 6.07) is 0.590. The van der Waals surface area contributed by atoms with E-state index in [0.29, 0.717) is 6.04 Å². The summed E-state index contributed by atoms with van der Waals surface area (Å²) in [5.41, 5.74) is 2.73. The number of rotatable bonds is 4. The Hall–Kier alpha value is -0.520. The zero-order chi connectivity index (χ0) is 14.0. The van der Waals surface area contributed by atoms with Crippen LogP contribution in [-0.4, -0.2) is 39.5 Å². The Bertz CT molecular complexity index is 454. The van der Waals surface area contributed by atoms with Crippen molar-refractivity contribution < 1.29 is 4.74 Å². The van der Waals surface area contributed by atoms with Gasteiger partial charge >= 0.3 is 0 Å². The number of hydrogen-bond donors (Lipinski definition) is 1.